The monoisotopic (exact) mass is 414 g/mol. The lowest BCUT2D eigenvalue weighted by molar-refractivity contribution is -0.117. The smallest absolute Gasteiger partial charge is 0.144 e. The highest BCUT2D eigenvalue weighted by Gasteiger charge is 2.29. The molecule has 6 heteroatoms. The molecule has 6 nitrogen and oxygen atoms in total. The van der Waals surface area contributed by atoms with E-state index in [0.717, 1.165) is 56.2 Å². The zero-order valence-corrected chi connectivity index (χ0v) is 17.9. The van der Waals surface area contributed by atoms with Crippen LogP contribution in [0.1, 0.15) is 65.9 Å². The maximum Gasteiger partial charge on any atom is 0.144 e. The number of aromatic nitrogens is 4. The number of methoxy groups -OCH3 is 1. The number of hydrogen-bond acceptors (Lipinski definition) is 4. The van der Waals surface area contributed by atoms with Crippen LogP contribution in [0.2, 0.25) is 0 Å². The summed E-state index contributed by atoms with van der Waals surface area (Å²) in [4.78, 5) is 29.7. The zero-order valence-electron chi connectivity index (χ0n) is 17.9. The molecule has 2 fully saturated rings. The number of aryl methyl sites for hydroxylation is 1. The molecule has 0 atom stereocenters. The molecule has 2 N–H and O–H groups in total. The van der Waals surface area contributed by atoms with Crippen LogP contribution in [0.4, 0.5) is 0 Å². The SMILES string of the molecule is COc1ccc(CC(=O)Cc2ccc(C)c3nc(C4CC4)[nH]c23)c2nc(C3CC3)[nH]c12. The van der Waals surface area contributed by atoms with Gasteiger partial charge >= 0.3 is 0 Å². The topological polar surface area (TPSA) is 83.7 Å². The van der Waals surface area contributed by atoms with Crippen LogP contribution >= 0.6 is 0 Å². The van der Waals surface area contributed by atoms with Crippen molar-refractivity contribution in [2.45, 2.75) is 57.3 Å². The highest BCUT2D eigenvalue weighted by molar-refractivity contribution is 5.93. The fourth-order valence-electron chi connectivity index (χ4n) is 4.49. The first-order valence-corrected chi connectivity index (χ1v) is 11.2. The fourth-order valence-corrected chi connectivity index (χ4v) is 4.49. The van der Waals surface area contributed by atoms with Crippen LogP contribution in [0.15, 0.2) is 24.3 Å². The lowest BCUT2D eigenvalue weighted by atomic mass is 9.99. The Bertz CT molecular complexity index is 1320. The average Bonchev–Trinajstić information content (AvgIpc) is 3.70. The molecule has 2 heterocycles. The maximum atomic E-state index is 13.1. The van der Waals surface area contributed by atoms with Crippen molar-refractivity contribution in [1.29, 1.82) is 0 Å². The van der Waals surface area contributed by atoms with Crippen LogP contribution < -0.4 is 4.74 Å². The van der Waals surface area contributed by atoms with Gasteiger partial charge in [-0.2, -0.15) is 0 Å². The second-order valence-electron chi connectivity index (χ2n) is 9.10. The first-order valence-electron chi connectivity index (χ1n) is 11.2. The molecule has 0 spiro atoms. The highest BCUT2D eigenvalue weighted by atomic mass is 16.5. The number of H-pyrrole nitrogens is 2. The van der Waals surface area contributed by atoms with Gasteiger partial charge in [0.25, 0.3) is 0 Å². The molecule has 6 rings (SSSR count). The van der Waals surface area contributed by atoms with Crippen molar-refractivity contribution in [1.82, 2.24) is 19.9 Å². The van der Waals surface area contributed by atoms with Crippen LogP contribution in [0.25, 0.3) is 22.1 Å². The van der Waals surface area contributed by atoms with Gasteiger partial charge in [0.1, 0.15) is 28.7 Å². The Balaban J connectivity index is 1.30. The molecule has 0 bridgehead atoms. The van der Waals surface area contributed by atoms with Gasteiger partial charge in [-0.25, -0.2) is 9.97 Å². The van der Waals surface area contributed by atoms with Crippen LogP contribution in [0.3, 0.4) is 0 Å². The average molecular weight is 415 g/mol. The lowest BCUT2D eigenvalue weighted by Crippen LogP contribution is -2.08. The van der Waals surface area contributed by atoms with E-state index in [-0.39, 0.29) is 5.78 Å². The van der Waals surface area contributed by atoms with Gasteiger partial charge < -0.3 is 14.7 Å². The van der Waals surface area contributed by atoms with Gasteiger partial charge in [-0.1, -0.05) is 18.2 Å². The zero-order chi connectivity index (χ0) is 21.1. The Morgan fingerprint density at radius 1 is 0.903 bits per heavy atom. The molecule has 31 heavy (non-hydrogen) atoms. The minimum absolute atomic E-state index is 0.176. The van der Waals surface area contributed by atoms with E-state index in [2.05, 4.69) is 29.0 Å². The molecule has 0 saturated heterocycles. The van der Waals surface area contributed by atoms with Gasteiger partial charge in [0.15, 0.2) is 0 Å². The third-order valence-corrected chi connectivity index (χ3v) is 6.58. The molecule has 0 aliphatic heterocycles. The predicted molar refractivity (Wildman–Crippen MR) is 120 cm³/mol. The van der Waals surface area contributed by atoms with E-state index in [1.807, 2.05) is 12.1 Å². The van der Waals surface area contributed by atoms with E-state index in [1.165, 1.54) is 25.7 Å². The van der Waals surface area contributed by atoms with E-state index in [0.29, 0.717) is 24.7 Å². The molecule has 0 radical (unpaired) electrons. The molecule has 158 valence electrons. The first kappa shape index (κ1) is 18.6. The van der Waals surface area contributed by atoms with Gasteiger partial charge in [-0.05, 0) is 55.4 Å². The minimum atomic E-state index is 0.176. The molecule has 2 aliphatic carbocycles. The van der Waals surface area contributed by atoms with Gasteiger partial charge in [0.05, 0.1) is 23.7 Å². The number of hydrogen-bond donors (Lipinski definition) is 2. The summed E-state index contributed by atoms with van der Waals surface area (Å²) in [5.41, 5.74) is 6.91. The standard InChI is InChI=1S/C25H26N4O2/c1-13-3-4-16(21-20(13)26-24(27-21)14-5-6-14)11-18(30)12-17-9-10-19(31-2)23-22(17)28-25(29-23)15-7-8-15/h3-4,9-10,14-15H,5-8,11-12H2,1-2H3,(H,26,27)(H,28,29). The normalized spacial score (nSPS) is 16.3. The number of rotatable bonds is 7. The Hall–Kier alpha value is -3.15. The minimum Gasteiger partial charge on any atom is -0.494 e. The summed E-state index contributed by atoms with van der Waals surface area (Å²) in [7, 11) is 1.67. The van der Waals surface area contributed by atoms with Crippen LogP contribution in [-0.2, 0) is 17.6 Å². The van der Waals surface area contributed by atoms with Gasteiger partial charge in [-0.15, -0.1) is 0 Å². The van der Waals surface area contributed by atoms with Gasteiger partial charge in [-0.3, -0.25) is 4.79 Å². The molecule has 2 aromatic heterocycles. The van der Waals surface area contributed by atoms with E-state index < -0.39 is 0 Å². The van der Waals surface area contributed by atoms with Gasteiger partial charge in [0, 0.05) is 24.7 Å². The summed E-state index contributed by atoms with van der Waals surface area (Å²) in [5, 5.41) is 0. The maximum absolute atomic E-state index is 13.1. The quantitative estimate of drug-likeness (QED) is 0.452. The Morgan fingerprint density at radius 3 is 2.19 bits per heavy atom. The van der Waals surface area contributed by atoms with Crippen LogP contribution in [0.5, 0.6) is 5.75 Å². The number of Topliss-reactive ketones (excluding diaryl/α,β-unsaturated/α-hetero) is 1. The summed E-state index contributed by atoms with van der Waals surface area (Å²) < 4.78 is 5.52. The summed E-state index contributed by atoms with van der Waals surface area (Å²) in [5.74, 6) is 4.11. The Kier molecular flexibility index (Phi) is 4.16. The number of aromatic amines is 2. The number of nitrogens with zero attached hydrogens (tertiary/aromatic N) is 2. The largest absolute Gasteiger partial charge is 0.494 e. The summed E-state index contributed by atoms with van der Waals surface area (Å²) in [6.07, 6.45) is 5.49. The number of ketones is 1. The van der Waals surface area contributed by atoms with Crippen molar-refractivity contribution < 1.29 is 9.53 Å². The highest BCUT2D eigenvalue weighted by Crippen LogP contribution is 2.41. The van der Waals surface area contributed by atoms with Crippen molar-refractivity contribution in [3.05, 3.63) is 52.6 Å². The van der Waals surface area contributed by atoms with Crippen molar-refractivity contribution in [2.24, 2.45) is 0 Å². The number of nitrogens with one attached hydrogen (secondary N) is 2. The number of fused-ring (bicyclic) bond motifs is 2. The second kappa shape index (κ2) is 6.94. The van der Waals surface area contributed by atoms with Gasteiger partial charge in [0.2, 0.25) is 0 Å². The third kappa shape index (κ3) is 3.30. The molecule has 2 aliphatic rings. The number of benzene rings is 2. The number of carbonyl (C=O) groups excluding carboxylic acids is 1. The fraction of sp³-hybridized carbons (Fsp3) is 0.400. The predicted octanol–water partition coefficient (Wildman–Crippen LogP) is 4.87. The van der Waals surface area contributed by atoms with Crippen LogP contribution in [-0.4, -0.2) is 32.8 Å². The van der Waals surface area contributed by atoms with Crippen molar-refractivity contribution in [2.75, 3.05) is 7.11 Å². The second-order valence-corrected chi connectivity index (χ2v) is 9.10. The van der Waals surface area contributed by atoms with E-state index in [1.54, 1.807) is 7.11 Å². The molecule has 0 unspecified atom stereocenters. The number of imidazole rings is 2. The summed E-state index contributed by atoms with van der Waals surface area (Å²) in [6, 6.07) is 8.04. The molecule has 4 aromatic rings. The number of carbonyl (C=O) groups is 1. The Labute approximate surface area is 180 Å². The molecule has 0 amide bonds. The van der Waals surface area contributed by atoms with E-state index in [9.17, 15) is 4.79 Å². The number of ether oxygens (including phenoxy) is 1. The third-order valence-electron chi connectivity index (χ3n) is 6.58. The molecule has 2 saturated carbocycles. The van der Waals surface area contributed by atoms with Crippen molar-refractivity contribution >= 4 is 27.9 Å². The summed E-state index contributed by atoms with van der Waals surface area (Å²) in [6.45, 7) is 2.08. The van der Waals surface area contributed by atoms with Crippen LogP contribution in [0, 0.1) is 6.92 Å². The first-order chi connectivity index (χ1) is 15.1. The van der Waals surface area contributed by atoms with Crippen molar-refractivity contribution in [3.8, 4) is 5.75 Å². The Morgan fingerprint density at radius 2 is 1.52 bits per heavy atom. The molecular formula is C25H26N4O2. The van der Waals surface area contributed by atoms with E-state index in [4.69, 9.17) is 14.7 Å². The van der Waals surface area contributed by atoms with E-state index >= 15 is 0 Å². The lowest BCUT2D eigenvalue weighted by Gasteiger charge is -2.07. The molecule has 2 aromatic carbocycles. The van der Waals surface area contributed by atoms with Crippen molar-refractivity contribution in [3.63, 3.8) is 0 Å². The summed E-state index contributed by atoms with van der Waals surface area (Å²) >= 11 is 0. The molecular weight excluding hydrogens is 388 g/mol.